The van der Waals surface area contributed by atoms with E-state index in [9.17, 15) is 23.6 Å². The number of benzene rings is 1. The van der Waals surface area contributed by atoms with Crippen molar-refractivity contribution in [2.75, 3.05) is 18.0 Å². The summed E-state index contributed by atoms with van der Waals surface area (Å²) in [6.07, 6.45) is 1.64. The number of carbonyl (C=O) groups excluding carboxylic acids is 4. The molecule has 2 amide bonds. The fourth-order valence-electron chi connectivity index (χ4n) is 5.31. The normalized spacial score (nSPS) is 31.1. The van der Waals surface area contributed by atoms with Crippen LogP contribution in [-0.4, -0.2) is 60.0 Å². The molecule has 1 aromatic rings. The monoisotopic (exact) mass is 400 g/mol. The topological polar surface area (TPSA) is 98.8 Å². The lowest BCUT2D eigenvalue weighted by Gasteiger charge is -2.35. The average molecular weight is 400 g/mol. The van der Waals surface area contributed by atoms with E-state index in [1.54, 1.807) is 4.90 Å². The Morgan fingerprint density at radius 2 is 2.10 bits per heavy atom. The number of Topliss-reactive ketones (excluding diaryl/α,β-unsaturated/α-hetero) is 1. The highest BCUT2D eigenvalue weighted by molar-refractivity contribution is 6.28. The third-order valence-electron chi connectivity index (χ3n) is 6.53. The molecule has 3 saturated heterocycles. The maximum Gasteiger partial charge on any atom is 0.243 e. The molecule has 0 radical (unpaired) electrons. The molecule has 2 N–H and O–H groups in total. The number of nitrogens with one attached hydrogen (secondary N) is 2. The van der Waals surface area contributed by atoms with Crippen molar-refractivity contribution < 1.29 is 23.6 Å². The second-order valence-electron chi connectivity index (χ2n) is 8.21. The summed E-state index contributed by atoms with van der Waals surface area (Å²) in [4.78, 5) is 51.9. The second-order valence-corrected chi connectivity index (χ2v) is 8.21. The smallest absolute Gasteiger partial charge is 0.243 e. The fraction of sp³-hybridized carbons (Fsp3) is 0.500. The highest BCUT2D eigenvalue weighted by Crippen LogP contribution is 2.45. The minimum absolute atomic E-state index is 0.161. The first kappa shape index (κ1) is 18.4. The van der Waals surface area contributed by atoms with Gasteiger partial charge in [-0.05, 0) is 30.5 Å². The minimum Gasteiger partial charge on any atom is -0.365 e. The number of amides is 2. The molecule has 5 rings (SSSR count). The number of hydrogen-bond acceptors (Lipinski definition) is 7. The Kier molecular flexibility index (Phi) is 4.25. The molecule has 0 aliphatic carbocycles. The van der Waals surface area contributed by atoms with Gasteiger partial charge in [-0.25, -0.2) is 4.39 Å². The number of piperidine rings is 1. The molecule has 152 valence electrons. The number of rotatable bonds is 4. The van der Waals surface area contributed by atoms with Crippen LogP contribution in [0, 0.1) is 5.82 Å². The van der Waals surface area contributed by atoms with Crippen LogP contribution in [0.2, 0.25) is 0 Å². The van der Waals surface area contributed by atoms with Crippen LogP contribution in [0.1, 0.15) is 36.4 Å². The number of carbonyl (C=O) groups is 4. The minimum atomic E-state index is -0.950. The molecule has 4 aliphatic rings. The number of halogens is 1. The van der Waals surface area contributed by atoms with E-state index >= 15 is 0 Å². The van der Waals surface area contributed by atoms with E-state index in [0.29, 0.717) is 29.4 Å². The Balaban J connectivity index is 1.58. The molecule has 29 heavy (non-hydrogen) atoms. The number of anilines is 1. The number of nitrogens with zero attached hydrogens (tertiary/aromatic N) is 2. The molecule has 3 fully saturated rings. The predicted octanol–water partition coefficient (Wildman–Crippen LogP) is -0.194. The van der Waals surface area contributed by atoms with Crippen molar-refractivity contribution in [3.8, 4) is 0 Å². The zero-order valence-corrected chi connectivity index (χ0v) is 15.7. The van der Waals surface area contributed by atoms with Crippen molar-refractivity contribution in [2.24, 2.45) is 0 Å². The van der Waals surface area contributed by atoms with E-state index in [2.05, 4.69) is 15.5 Å². The molecule has 4 aliphatic heterocycles. The number of piperazine rings is 1. The predicted molar refractivity (Wildman–Crippen MR) is 99.5 cm³/mol. The van der Waals surface area contributed by atoms with Gasteiger partial charge < -0.3 is 10.2 Å². The summed E-state index contributed by atoms with van der Waals surface area (Å²) >= 11 is 0. The van der Waals surface area contributed by atoms with E-state index in [4.69, 9.17) is 0 Å². The number of imide groups is 1. The van der Waals surface area contributed by atoms with E-state index in [-0.39, 0.29) is 37.6 Å². The molecule has 0 spiro atoms. The molecule has 0 aromatic heterocycles. The van der Waals surface area contributed by atoms with Crippen LogP contribution >= 0.6 is 0 Å². The van der Waals surface area contributed by atoms with Crippen LogP contribution in [0.4, 0.5) is 10.1 Å². The van der Waals surface area contributed by atoms with Gasteiger partial charge in [0.05, 0.1) is 6.04 Å². The summed E-state index contributed by atoms with van der Waals surface area (Å²) in [5.41, 5.74) is 1.85. The lowest BCUT2D eigenvalue weighted by molar-refractivity contribution is -0.141. The molecule has 2 bridgehead atoms. The van der Waals surface area contributed by atoms with E-state index in [1.807, 2.05) is 0 Å². The summed E-state index contributed by atoms with van der Waals surface area (Å²) in [5, 5.41) is 5.70. The number of hydrogen-bond donors (Lipinski definition) is 2. The van der Waals surface area contributed by atoms with E-state index < -0.39 is 29.6 Å². The first-order chi connectivity index (χ1) is 14.0. The Labute approximate surface area is 166 Å². The summed E-state index contributed by atoms with van der Waals surface area (Å²) in [6, 6.07) is 1.67. The summed E-state index contributed by atoms with van der Waals surface area (Å²) in [5.74, 6) is -1.90. The van der Waals surface area contributed by atoms with Crippen molar-refractivity contribution in [2.45, 2.75) is 50.0 Å². The average Bonchev–Trinajstić information content (AvgIpc) is 3.40. The molecular formula is C20H21FN4O4. The number of fused-ring (bicyclic) bond motifs is 3. The van der Waals surface area contributed by atoms with Gasteiger partial charge in [0.25, 0.3) is 0 Å². The van der Waals surface area contributed by atoms with Crippen LogP contribution in [0.3, 0.4) is 0 Å². The van der Waals surface area contributed by atoms with Gasteiger partial charge in [-0.1, -0.05) is 0 Å². The lowest BCUT2D eigenvalue weighted by atomic mass is 9.96. The van der Waals surface area contributed by atoms with Gasteiger partial charge in [-0.3, -0.25) is 29.4 Å². The third-order valence-corrected chi connectivity index (χ3v) is 6.53. The molecule has 4 atom stereocenters. The van der Waals surface area contributed by atoms with Gasteiger partial charge in [0.1, 0.15) is 11.9 Å². The van der Waals surface area contributed by atoms with Gasteiger partial charge >= 0.3 is 0 Å². The van der Waals surface area contributed by atoms with Crippen molar-refractivity contribution in [3.05, 3.63) is 29.1 Å². The SMILES string of the molecule is O=CC(=O)C1c2c(cc(F)cc2N2CC3CC2CN3)CN1C1CCC(=O)NC1=O. The van der Waals surface area contributed by atoms with Gasteiger partial charge in [-0.15, -0.1) is 0 Å². The van der Waals surface area contributed by atoms with Crippen LogP contribution < -0.4 is 15.5 Å². The van der Waals surface area contributed by atoms with Crippen molar-refractivity contribution >= 4 is 29.6 Å². The largest absolute Gasteiger partial charge is 0.365 e. The second kappa shape index (κ2) is 6.70. The molecule has 4 heterocycles. The molecule has 8 nitrogen and oxygen atoms in total. The van der Waals surface area contributed by atoms with Crippen LogP contribution in [0.25, 0.3) is 0 Å². The first-order valence-corrected chi connectivity index (χ1v) is 9.87. The number of aldehydes is 1. The quantitative estimate of drug-likeness (QED) is 0.411. The van der Waals surface area contributed by atoms with Crippen LogP contribution in [0.15, 0.2) is 12.1 Å². The van der Waals surface area contributed by atoms with Crippen molar-refractivity contribution in [3.63, 3.8) is 0 Å². The first-order valence-electron chi connectivity index (χ1n) is 9.87. The Bertz CT molecular complexity index is 935. The number of ketones is 1. The van der Waals surface area contributed by atoms with E-state index in [1.165, 1.54) is 12.1 Å². The zero-order chi connectivity index (χ0) is 20.3. The summed E-state index contributed by atoms with van der Waals surface area (Å²) < 4.78 is 14.5. The third kappa shape index (κ3) is 2.87. The molecule has 4 unspecified atom stereocenters. The zero-order valence-electron chi connectivity index (χ0n) is 15.7. The maximum atomic E-state index is 14.5. The highest BCUT2D eigenvalue weighted by atomic mass is 19.1. The Morgan fingerprint density at radius 1 is 1.28 bits per heavy atom. The summed E-state index contributed by atoms with van der Waals surface area (Å²) in [6.45, 7) is 1.68. The molecule has 1 aromatic carbocycles. The standard InChI is InChI=1S/C20H21FN4O4/c21-11-3-10-7-25(14-1-2-17(28)23-20(14)29)19(16(27)9-26)18(10)15(4-11)24-8-12-5-13(24)6-22-12/h3-4,9,12-14,19,22H,1-2,5-8H2,(H,23,28,29). The van der Waals surface area contributed by atoms with Crippen LogP contribution in [-0.2, 0) is 25.7 Å². The lowest BCUT2D eigenvalue weighted by Crippen LogP contribution is -2.53. The van der Waals surface area contributed by atoms with Gasteiger partial charge in [0, 0.05) is 49.4 Å². The molecule has 9 heteroatoms. The summed E-state index contributed by atoms with van der Waals surface area (Å²) in [7, 11) is 0. The van der Waals surface area contributed by atoms with Crippen LogP contribution in [0.5, 0.6) is 0 Å². The van der Waals surface area contributed by atoms with Crippen molar-refractivity contribution in [1.82, 2.24) is 15.5 Å². The Hall–Kier alpha value is -2.65. The highest BCUT2D eigenvalue weighted by Gasteiger charge is 2.47. The molecule has 0 saturated carbocycles. The molecular weight excluding hydrogens is 379 g/mol. The fourth-order valence-corrected chi connectivity index (χ4v) is 5.31. The van der Waals surface area contributed by atoms with Gasteiger partial charge in [0.2, 0.25) is 17.6 Å². The van der Waals surface area contributed by atoms with Crippen molar-refractivity contribution in [1.29, 1.82) is 0 Å². The van der Waals surface area contributed by atoms with Gasteiger partial charge in [0.15, 0.2) is 6.29 Å². The van der Waals surface area contributed by atoms with E-state index in [0.717, 1.165) is 13.0 Å². The Morgan fingerprint density at radius 3 is 2.76 bits per heavy atom. The maximum absolute atomic E-state index is 14.5. The van der Waals surface area contributed by atoms with Gasteiger partial charge in [-0.2, -0.15) is 0 Å².